The van der Waals surface area contributed by atoms with Crippen LogP contribution in [-0.4, -0.2) is 12.8 Å². The quantitative estimate of drug-likeness (QED) is 0.239. The first kappa shape index (κ1) is 25.4. The van der Waals surface area contributed by atoms with E-state index >= 15 is 0 Å². The van der Waals surface area contributed by atoms with Crippen molar-refractivity contribution in [3.63, 3.8) is 0 Å². The Morgan fingerprint density at radius 3 is 1.97 bits per heavy atom. The van der Waals surface area contributed by atoms with Crippen LogP contribution >= 0.6 is 0 Å². The summed E-state index contributed by atoms with van der Waals surface area (Å²) in [5.74, 6) is -0.0463. The second-order valence-electron chi connectivity index (χ2n) is 9.00. The van der Waals surface area contributed by atoms with E-state index in [-0.39, 0.29) is 12.6 Å². The predicted molar refractivity (Wildman–Crippen MR) is 117 cm³/mol. The third kappa shape index (κ3) is 8.31. The lowest BCUT2D eigenvalue weighted by Gasteiger charge is -2.27. The minimum Gasteiger partial charge on any atom is -0.251 e. The molecule has 0 N–H and O–H groups in total. The first-order valence-corrected chi connectivity index (χ1v) is 11.7. The summed E-state index contributed by atoms with van der Waals surface area (Å²) >= 11 is 0. The Hall–Kier alpha value is -1.83. The molecule has 0 spiro atoms. The van der Waals surface area contributed by atoms with Gasteiger partial charge in [-0.1, -0.05) is 38.2 Å². The van der Waals surface area contributed by atoms with Crippen molar-refractivity contribution in [1.29, 1.82) is 5.26 Å². The molecule has 2 aliphatic carbocycles. The fraction of sp³-hybridized carbons (Fsp3) is 0.654. The number of halogens is 4. The van der Waals surface area contributed by atoms with Gasteiger partial charge in [-0.25, -0.2) is 13.2 Å². The Bertz CT molecular complexity index is 688. The second-order valence-corrected chi connectivity index (χ2v) is 9.00. The van der Waals surface area contributed by atoms with Gasteiger partial charge in [-0.15, -0.1) is 6.58 Å². The van der Waals surface area contributed by atoms with Gasteiger partial charge in [0, 0.05) is 0 Å². The summed E-state index contributed by atoms with van der Waals surface area (Å²) in [6.45, 7) is 3.62. The van der Waals surface area contributed by atoms with E-state index in [0.717, 1.165) is 18.8 Å². The minimum absolute atomic E-state index is 0.00116. The molecule has 0 bridgehead atoms. The summed E-state index contributed by atoms with van der Waals surface area (Å²) in [5.41, 5.74) is -0.0150. The van der Waals surface area contributed by atoms with Crippen LogP contribution in [0.4, 0.5) is 17.6 Å². The van der Waals surface area contributed by atoms with Crippen molar-refractivity contribution in [2.45, 2.75) is 89.1 Å². The molecule has 0 aliphatic heterocycles. The van der Waals surface area contributed by atoms with E-state index in [2.05, 4.69) is 6.58 Å². The number of nitrogens with zero attached hydrogens (tertiary/aromatic N) is 1. The SMILES string of the molecule is C=CCCCC1CCC(CCF)CC1.N#Cc1c(F)cc(C2CCC(F)CC2)cc1F. The van der Waals surface area contributed by atoms with Crippen molar-refractivity contribution in [1.82, 2.24) is 0 Å². The summed E-state index contributed by atoms with van der Waals surface area (Å²) in [4.78, 5) is 0. The maximum atomic E-state index is 13.4. The van der Waals surface area contributed by atoms with Crippen LogP contribution in [0, 0.1) is 34.8 Å². The van der Waals surface area contributed by atoms with E-state index < -0.39 is 23.4 Å². The average molecular weight is 438 g/mol. The molecular formula is C26H35F4N. The number of hydrogen-bond donors (Lipinski definition) is 0. The van der Waals surface area contributed by atoms with E-state index in [1.807, 2.05) is 6.08 Å². The lowest BCUT2D eigenvalue weighted by atomic mass is 9.79. The first-order chi connectivity index (χ1) is 15.0. The van der Waals surface area contributed by atoms with Gasteiger partial charge in [0.1, 0.15) is 29.4 Å². The molecule has 31 heavy (non-hydrogen) atoms. The molecule has 0 saturated heterocycles. The van der Waals surface area contributed by atoms with E-state index in [0.29, 0.717) is 37.2 Å². The molecule has 1 aromatic rings. The largest absolute Gasteiger partial charge is 0.251 e. The van der Waals surface area contributed by atoms with Crippen LogP contribution in [0.25, 0.3) is 0 Å². The Kier molecular flexibility index (Phi) is 11.1. The monoisotopic (exact) mass is 437 g/mol. The zero-order valence-electron chi connectivity index (χ0n) is 18.4. The number of unbranched alkanes of at least 4 members (excludes halogenated alkanes) is 1. The van der Waals surface area contributed by atoms with Crippen molar-refractivity contribution in [3.05, 3.63) is 47.5 Å². The number of alkyl halides is 2. The van der Waals surface area contributed by atoms with E-state index in [1.165, 1.54) is 56.7 Å². The summed E-state index contributed by atoms with van der Waals surface area (Å²) < 4.78 is 51.9. The Morgan fingerprint density at radius 2 is 1.48 bits per heavy atom. The predicted octanol–water partition coefficient (Wildman–Crippen LogP) is 8.34. The van der Waals surface area contributed by atoms with Crippen LogP contribution < -0.4 is 0 Å². The molecule has 1 nitrogen and oxygen atoms in total. The number of hydrogen-bond acceptors (Lipinski definition) is 1. The van der Waals surface area contributed by atoms with Crippen LogP contribution in [0.1, 0.15) is 94.1 Å². The molecule has 0 aromatic heterocycles. The Morgan fingerprint density at radius 1 is 0.935 bits per heavy atom. The maximum Gasteiger partial charge on any atom is 0.144 e. The van der Waals surface area contributed by atoms with Gasteiger partial charge < -0.3 is 0 Å². The van der Waals surface area contributed by atoms with Crippen molar-refractivity contribution < 1.29 is 17.6 Å². The molecule has 1 aromatic carbocycles. The topological polar surface area (TPSA) is 23.8 Å². The highest BCUT2D eigenvalue weighted by molar-refractivity contribution is 5.36. The van der Waals surface area contributed by atoms with Gasteiger partial charge in [-0.3, -0.25) is 4.39 Å². The lowest BCUT2D eigenvalue weighted by molar-refractivity contribution is 0.235. The molecule has 2 aliphatic rings. The van der Waals surface area contributed by atoms with Crippen molar-refractivity contribution >= 4 is 0 Å². The number of benzene rings is 1. The smallest absolute Gasteiger partial charge is 0.144 e. The molecule has 5 heteroatoms. The van der Waals surface area contributed by atoms with Crippen LogP contribution in [0.2, 0.25) is 0 Å². The summed E-state index contributed by atoms with van der Waals surface area (Å²) in [6.07, 6.45) is 13.1. The third-order valence-corrected chi connectivity index (χ3v) is 6.81. The zero-order valence-corrected chi connectivity index (χ0v) is 18.4. The second kappa shape index (κ2) is 13.6. The lowest BCUT2D eigenvalue weighted by Crippen LogP contribution is -2.14. The van der Waals surface area contributed by atoms with Gasteiger partial charge in [0.15, 0.2) is 0 Å². The molecular weight excluding hydrogens is 402 g/mol. The van der Waals surface area contributed by atoms with Crippen LogP contribution in [0.5, 0.6) is 0 Å². The van der Waals surface area contributed by atoms with Crippen LogP contribution in [0.3, 0.4) is 0 Å². The summed E-state index contributed by atoms with van der Waals surface area (Å²) in [5, 5.41) is 8.56. The standard InChI is InChI=1S/C13H12F3N.C13H23F/c14-10-3-1-8(2-4-10)9-5-12(15)11(7-17)13(16)6-9;1-2-3-4-5-12-6-8-13(9-7-12)10-11-14/h5-6,8,10H,1-4H2;2,12-13H,1,3-11H2. The van der Waals surface area contributed by atoms with Gasteiger partial charge in [0.25, 0.3) is 0 Å². The third-order valence-electron chi connectivity index (χ3n) is 6.81. The van der Waals surface area contributed by atoms with Crippen LogP contribution in [0.15, 0.2) is 24.8 Å². The van der Waals surface area contributed by atoms with Gasteiger partial charge in [0.05, 0.1) is 6.67 Å². The first-order valence-electron chi connectivity index (χ1n) is 11.7. The highest BCUT2D eigenvalue weighted by Gasteiger charge is 2.24. The molecule has 2 saturated carbocycles. The van der Waals surface area contributed by atoms with Gasteiger partial charge in [0.2, 0.25) is 0 Å². The normalized spacial score (nSPS) is 25.8. The van der Waals surface area contributed by atoms with Gasteiger partial charge in [-0.2, -0.15) is 5.26 Å². The molecule has 3 rings (SSSR count). The van der Waals surface area contributed by atoms with Crippen molar-refractivity contribution in [2.75, 3.05) is 6.67 Å². The van der Waals surface area contributed by atoms with E-state index in [4.69, 9.17) is 5.26 Å². The highest BCUT2D eigenvalue weighted by atomic mass is 19.1. The maximum absolute atomic E-state index is 13.4. The van der Waals surface area contributed by atoms with E-state index in [1.54, 1.807) is 0 Å². The van der Waals surface area contributed by atoms with Gasteiger partial charge >= 0.3 is 0 Å². The van der Waals surface area contributed by atoms with Crippen molar-refractivity contribution in [3.8, 4) is 6.07 Å². The highest BCUT2D eigenvalue weighted by Crippen LogP contribution is 2.35. The molecule has 2 fully saturated rings. The fourth-order valence-electron chi connectivity index (χ4n) is 4.84. The molecule has 0 radical (unpaired) electrons. The van der Waals surface area contributed by atoms with Gasteiger partial charge in [-0.05, 0) is 80.4 Å². The van der Waals surface area contributed by atoms with Crippen LogP contribution in [-0.2, 0) is 0 Å². The van der Waals surface area contributed by atoms with Crippen molar-refractivity contribution in [2.24, 2.45) is 11.8 Å². The minimum atomic E-state index is -0.829. The number of allylic oxidation sites excluding steroid dienone is 1. The average Bonchev–Trinajstić information content (AvgIpc) is 2.76. The summed E-state index contributed by atoms with van der Waals surface area (Å²) in [6, 6.07) is 3.89. The Labute approximate surface area is 184 Å². The fourth-order valence-corrected chi connectivity index (χ4v) is 4.84. The van der Waals surface area contributed by atoms with E-state index in [9.17, 15) is 17.6 Å². The molecule has 0 amide bonds. The number of rotatable bonds is 7. The Balaban J connectivity index is 0.000000225. The molecule has 0 atom stereocenters. The summed E-state index contributed by atoms with van der Waals surface area (Å²) in [7, 11) is 0. The molecule has 0 heterocycles. The molecule has 0 unspecified atom stereocenters. The molecule has 172 valence electrons. The number of nitriles is 1. The zero-order chi connectivity index (χ0) is 22.6.